The van der Waals surface area contributed by atoms with Crippen LogP contribution in [0, 0.1) is 13.8 Å². The van der Waals surface area contributed by atoms with E-state index in [2.05, 4.69) is 12.1 Å². The quantitative estimate of drug-likeness (QED) is 0.338. The number of aryl methyl sites for hydroxylation is 2. The van der Waals surface area contributed by atoms with Gasteiger partial charge in [-0.25, -0.2) is 9.59 Å². The highest BCUT2D eigenvalue weighted by atomic mass is 16.6. The number of carbonyl (C=O) groups is 2. The summed E-state index contributed by atoms with van der Waals surface area (Å²) in [7, 11) is 0. The maximum Gasteiger partial charge on any atom is 0.339 e. The van der Waals surface area contributed by atoms with Gasteiger partial charge in [0.25, 0.3) is 0 Å². The number of benzene rings is 4. The van der Waals surface area contributed by atoms with Crippen LogP contribution in [-0.2, 0) is 9.47 Å². The fourth-order valence-electron chi connectivity index (χ4n) is 4.90. The molecule has 4 heteroatoms. The van der Waals surface area contributed by atoms with Crippen LogP contribution in [0.1, 0.15) is 66.3 Å². The van der Waals surface area contributed by atoms with Gasteiger partial charge in [-0.15, -0.1) is 0 Å². The molecule has 0 saturated carbocycles. The fraction of sp³-hybridized carbons (Fsp3) is 0.133. The van der Waals surface area contributed by atoms with Gasteiger partial charge in [-0.3, -0.25) is 0 Å². The first-order valence-electron chi connectivity index (χ1n) is 11.3. The Bertz CT molecular complexity index is 1370. The zero-order valence-electron chi connectivity index (χ0n) is 18.9. The normalized spacial score (nSPS) is 18.3. The van der Waals surface area contributed by atoms with Gasteiger partial charge in [0.1, 0.15) is 0 Å². The average molecular weight is 447 g/mol. The Kier molecular flexibility index (Phi) is 4.63. The van der Waals surface area contributed by atoms with E-state index in [1.807, 2.05) is 86.6 Å². The second-order valence-electron chi connectivity index (χ2n) is 9.00. The van der Waals surface area contributed by atoms with Gasteiger partial charge in [0.15, 0.2) is 12.2 Å². The third kappa shape index (κ3) is 3.30. The molecule has 4 aromatic rings. The summed E-state index contributed by atoms with van der Waals surface area (Å²) in [5.74, 6) is -0.575. The van der Waals surface area contributed by atoms with E-state index in [-0.39, 0.29) is 11.9 Å². The minimum absolute atomic E-state index is 0.288. The number of fused-ring (bicyclic) bond motifs is 2. The first-order valence-corrected chi connectivity index (χ1v) is 11.3. The molecule has 4 nitrogen and oxygen atoms in total. The van der Waals surface area contributed by atoms with Crippen molar-refractivity contribution in [1.82, 2.24) is 0 Å². The minimum Gasteiger partial charge on any atom is -0.449 e. The Labute approximate surface area is 197 Å². The maximum absolute atomic E-state index is 12.4. The molecule has 0 radical (unpaired) electrons. The van der Waals surface area contributed by atoms with E-state index in [1.165, 1.54) is 0 Å². The highest BCUT2D eigenvalue weighted by molar-refractivity contribution is 5.95. The van der Waals surface area contributed by atoms with E-state index in [4.69, 9.17) is 9.47 Å². The molecule has 6 rings (SSSR count). The Hall–Kier alpha value is -4.18. The van der Waals surface area contributed by atoms with E-state index in [0.717, 1.165) is 44.5 Å². The summed E-state index contributed by atoms with van der Waals surface area (Å²) >= 11 is 0. The van der Waals surface area contributed by atoms with Gasteiger partial charge in [-0.05, 0) is 60.4 Å². The molecule has 0 aliphatic carbocycles. The average Bonchev–Trinajstić information content (AvgIpc) is 3.35. The molecule has 0 amide bonds. The SMILES string of the molecule is Cc1ccc2c(c1)C(c1cccc(-c3cccc(C4OC(=O)c5ccc(C)cc54)c3)c1)OC2=O. The summed E-state index contributed by atoms with van der Waals surface area (Å²) in [5.41, 5.74) is 9.10. The van der Waals surface area contributed by atoms with Gasteiger partial charge in [0, 0.05) is 11.1 Å². The molecule has 2 atom stereocenters. The molecular weight excluding hydrogens is 424 g/mol. The number of hydrogen-bond donors (Lipinski definition) is 0. The summed E-state index contributed by atoms with van der Waals surface area (Å²) in [6.07, 6.45) is -0.840. The van der Waals surface area contributed by atoms with Crippen molar-refractivity contribution < 1.29 is 19.1 Å². The van der Waals surface area contributed by atoms with Gasteiger partial charge in [-0.2, -0.15) is 0 Å². The molecule has 2 aliphatic rings. The summed E-state index contributed by atoms with van der Waals surface area (Å²) in [6, 6.07) is 27.7. The highest BCUT2D eigenvalue weighted by Crippen LogP contribution is 2.40. The lowest BCUT2D eigenvalue weighted by atomic mass is 9.93. The van der Waals surface area contributed by atoms with Gasteiger partial charge in [0.05, 0.1) is 11.1 Å². The predicted molar refractivity (Wildman–Crippen MR) is 129 cm³/mol. The molecule has 0 spiro atoms. The molecule has 34 heavy (non-hydrogen) atoms. The van der Waals surface area contributed by atoms with Crippen molar-refractivity contribution in [2.24, 2.45) is 0 Å². The van der Waals surface area contributed by atoms with Gasteiger partial charge >= 0.3 is 11.9 Å². The van der Waals surface area contributed by atoms with Gasteiger partial charge < -0.3 is 9.47 Å². The lowest BCUT2D eigenvalue weighted by Crippen LogP contribution is -2.02. The number of rotatable bonds is 3. The largest absolute Gasteiger partial charge is 0.449 e. The zero-order valence-corrected chi connectivity index (χ0v) is 18.9. The molecule has 4 aromatic carbocycles. The monoisotopic (exact) mass is 446 g/mol. The van der Waals surface area contributed by atoms with Crippen molar-refractivity contribution >= 4 is 11.9 Å². The topological polar surface area (TPSA) is 52.6 Å². The van der Waals surface area contributed by atoms with Crippen LogP contribution in [0.2, 0.25) is 0 Å². The number of ether oxygens (including phenoxy) is 2. The Balaban J connectivity index is 1.37. The first-order chi connectivity index (χ1) is 16.5. The van der Waals surface area contributed by atoms with Crippen LogP contribution in [-0.4, -0.2) is 11.9 Å². The Morgan fingerprint density at radius 1 is 0.559 bits per heavy atom. The number of esters is 2. The fourth-order valence-corrected chi connectivity index (χ4v) is 4.90. The van der Waals surface area contributed by atoms with Crippen LogP contribution in [0.4, 0.5) is 0 Å². The second-order valence-corrected chi connectivity index (χ2v) is 9.00. The Morgan fingerprint density at radius 2 is 1.00 bits per heavy atom. The highest BCUT2D eigenvalue weighted by Gasteiger charge is 2.33. The molecule has 2 unspecified atom stereocenters. The van der Waals surface area contributed by atoms with Crippen molar-refractivity contribution in [1.29, 1.82) is 0 Å². The third-order valence-electron chi connectivity index (χ3n) is 6.58. The molecule has 0 fully saturated rings. The summed E-state index contributed by atoms with van der Waals surface area (Å²) in [4.78, 5) is 24.8. The van der Waals surface area contributed by atoms with Crippen molar-refractivity contribution in [3.63, 3.8) is 0 Å². The van der Waals surface area contributed by atoms with Crippen molar-refractivity contribution in [2.45, 2.75) is 26.1 Å². The number of cyclic esters (lactones) is 2. The second kappa shape index (κ2) is 7.70. The van der Waals surface area contributed by atoms with E-state index in [9.17, 15) is 9.59 Å². The first kappa shape index (κ1) is 20.4. The molecule has 0 saturated heterocycles. The lowest BCUT2D eigenvalue weighted by molar-refractivity contribution is 0.0446. The van der Waals surface area contributed by atoms with Crippen LogP contribution in [0.5, 0.6) is 0 Å². The van der Waals surface area contributed by atoms with Crippen molar-refractivity contribution in [2.75, 3.05) is 0 Å². The van der Waals surface area contributed by atoms with E-state index < -0.39 is 12.2 Å². The van der Waals surface area contributed by atoms with Gasteiger partial charge in [-0.1, -0.05) is 71.8 Å². The van der Waals surface area contributed by atoms with Crippen LogP contribution in [0.25, 0.3) is 11.1 Å². The number of carbonyl (C=O) groups excluding carboxylic acids is 2. The zero-order chi connectivity index (χ0) is 23.4. The molecule has 166 valence electrons. The smallest absolute Gasteiger partial charge is 0.339 e. The third-order valence-corrected chi connectivity index (χ3v) is 6.58. The molecule has 0 N–H and O–H groups in total. The van der Waals surface area contributed by atoms with E-state index in [1.54, 1.807) is 0 Å². The molecular formula is C30H22O4. The summed E-state index contributed by atoms with van der Waals surface area (Å²) < 4.78 is 11.5. The molecule has 0 aromatic heterocycles. The summed E-state index contributed by atoms with van der Waals surface area (Å²) in [6.45, 7) is 4.02. The van der Waals surface area contributed by atoms with Crippen LogP contribution >= 0.6 is 0 Å². The summed E-state index contributed by atoms with van der Waals surface area (Å²) in [5, 5.41) is 0. The standard InChI is InChI=1S/C30H22O4/c1-17-9-11-23-25(13-17)27(33-29(23)31)21-7-3-5-19(15-21)20-6-4-8-22(16-20)28-26-14-18(2)10-12-24(26)30(32)34-28/h3-16,27-28H,1-2H3. The van der Waals surface area contributed by atoms with Crippen LogP contribution in [0.15, 0.2) is 84.9 Å². The van der Waals surface area contributed by atoms with Crippen molar-refractivity contribution in [3.05, 3.63) is 129 Å². The van der Waals surface area contributed by atoms with Crippen LogP contribution in [0.3, 0.4) is 0 Å². The van der Waals surface area contributed by atoms with E-state index in [0.29, 0.717) is 11.1 Å². The number of hydrogen-bond acceptors (Lipinski definition) is 4. The Morgan fingerprint density at radius 3 is 1.44 bits per heavy atom. The van der Waals surface area contributed by atoms with Gasteiger partial charge in [0.2, 0.25) is 0 Å². The molecule has 2 heterocycles. The maximum atomic E-state index is 12.4. The van der Waals surface area contributed by atoms with E-state index >= 15 is 0 Å². The molecule has 0 bridgehead atoms. The van der Waals surface area contributed by atoms with Crippen LogP contribution < -0.4 is 0 Å². The van der Waals surface area contributed by atoms with Crippen molar-refractivity contribution in [3.8, 4) is 11.1 Å². The molecule has 2 aliphatic heterocycles. The minimum atomic E-state index is -0.420. The predicted octanol–water partition coefficient (Wildman–Crippen LogP) is 6.49. The lowest BCUT2D eigenvalue weighted by Gasteiger charge is -2.15.